The molecule has 0 aliphatic heterocycles. The third-order valence-electron chi connectivity index (χ3n) is 2.08. The van der Waals surface area contributed by atoms with Gasteiger partial charge in [-0.1, -0.05) is 20.8 Å². The lowest BCUT2D eigenvalue weighted by Gasteiger charge is -2.15. The first-order valence-corrected chi connectivity index (χ1v) is 6.88. The van der Waals surface area contributed by atoms with Crippen molar-refractivity contribution in [3.05, 3.63) is 0 Å². The SMILES string of the molecule is CC(C)C(C)COCCOP(C)(=O)O. The van der Waals surface area contributed by atoms with Crippen LogP contribution in [-0.4, -0.2) is 31.4 Å². The molecule has 0 amide bonds. The topological polar surface area (TPSA) is 55.8 Å². The third-order valence-corrected chi connectivity index (χ3v) is 2.74. The van der Waals surface area contributed by atoms with Crippen LogP contribution in [0.1, 0.15) is 20.8 Å². The molecular weight excluding hydrogens is 203 g/mol. The van der Waals surface area contributed by atoms with Crippen LogP contribution in [0, 0.1) is 11.8 Å². The van der Waals surface area contributed by atoms with Crippen LogP contribution in [0.15, 0.2) is 0 Å². The summed E-state index contributed by atoms with van der Waals surface area (Å²) in [5.74, 6) is 1.09. The van der Waals surface area contributed by atoms with E-state index in [-0.39, 0.29) is 6.61 Å². The Labute approximate surface area is 86.1 Å². The van der Waals surface area contributed by atoms with Crippen LogP contribution in [-0.2, 0) is 13.8 Å². The van der Waals surface area contributed by atoms with Gasteiger partial charge in [0, 0.05) is 13.3 Å². The molecule has 0 heterocycles. The molecular formula is C9H21O4P. The van der Waals surface area contributed by atoms with E-state index in [0.717, 1.165) is 0 Å². The van der Waals surface area contributed by atoms with E-state index in [1.54, 1.807) is 0 Å². The summed E-state index contributed by atoms with van der Waals surface area (Å²) in [6.07, 6.45) is 0. The minimum absolute atomic E-state index is 0.176. The summed E-state index contributed by atoms with van der Waals surface area (Å²) < 4.78 is 20.7. The average Bonchev–Trinajstić information content (AvgIpc) is 2.01. The van der Waals surface area contributed by atoms with E-state index >= 15 is 0 Å². The Kier molecular flexibility index (Phi) is 6.62. The van der Waals surface area contributed by atoms with Crippen molar-refractivity contribution in [1.82, 2.24) is 0 Å². The van der Waals surface area contributed by atoms with Gasteiger partial charge in [-0.25, -0.2) is 0 Å². The van der Waals surface area contributed by atoms with Crippen LogP contribution in [0.4, 0.5) is 0 Å². The fraction of sp³-hybridized carbons (Fsp3) is 1.00. The van der Waals surface area contributed by atoms with Crippen molar-refractivity contribution in [2.45, 2.75) is 20.8 Å². The highest BCUT2D eigenvalue weighted by molar-refractivity contribution is 7.51. The van der Waals surface area contributed by atoms with Gasteiger partial charge in [0.05, 0.1) is 13.2 Å². The summed E-state index contributed by atoms with van der Waals surface area (Å²) in [6.45, 7) is 8.77. The highest BCUT2D eigenvalue weighted by Crippen LogP contribution is 2.35. The molecule has 0 fully saturated rings. The summed E-state index contributed by atoms with van der Waals surface area (Å²) >= 11 is 0. The largest absolute Gasteiger partial charge is 0.379 e. The Bertz CT molecular complexity index is 187. The van der Waals surface area contributed by atoms with Crippen molar-refractivity contribution in [3.63, 3.8) is 0 Å². The first kappa shape index (κ1) is 14.1. The van der Waals surface area contributed by atoms with Crippen LogP contribution >= 0.6 is 7.60 Å². The number of hydrogen-bond acceptors (Lipinski definition) is 3. The minimum Gasteiger partial charge on any atom is -0.379 e. The van der Waals surface area contributed by atoms with Crippen molar-refractivity contribution < 1.29 is 18.7 Å². The lowest BCUT2D eigenvalue weighted by atomic mass is 9.99. The number of rotatable bonds is 7. The van der Waals surface area contributed by atoms with E-state index in [1.165, 1.54) is 6.66 Å². The first-order chi connectivity index (χ1) is 6.33. The summed E-state index contributed by atoms with van der Waals surface area (Å²) in [4.78, 5) is 8.79. The van der Waals surface area contributed by atoms with Crippen molar-refractivity contribution in [3.8, 4) is 0 Å². The fourth-order valence-electron chi connectivity index (χ4n) is 0.727. The second-order valence-electron chi connectivity index (χ2n) is 3.93. The highest BCUT2D eigenvalue weighted by atomic mass is 31.2. The Morgan fingerprint density at radius 3 is 2.29 bits per heavy atom. The second-order valence-corrected chi connectivity index (χ2v) is 5.80. The zero-order valence-corrected chi connectivity index (χ0v) is 10.3. The van der Waals surface area contributed by atoms with Gasteiger partial charge in [0.25, 0.3) is 0 Å². The standard InChI is InChI=1S/C9H21O4P/c1-8(2)9(3)7-12-5-6-13-14(4,10)11/h8-9H,5-7H2,1-4H3,(H,10,11). The molecule has 0 aromatic carbocycles. The predicted octanol–water partition coefficient (Wildman–Crippen LogP) is 2.13. The van der Waals surface area contributed by atoms with E-state index in [4.69, 9.17) is 9.63 Å². The number of hydrogen-bond donors (Lipinski definition) is 1. The molecule has 2 atom stereocenters. The maximum absolute atomic E-state index is 10.7. The van der Waals surface area contributed by atoms with Crippen LogP contribution in [0.2, 0.25) is 0 Å². The molecule has 0 radical (unpaired) electrons. The molecule has 0 aliphatic rings. The maximum atomic E-state index is 10.7. The van der Waals surface area contributed by atoms with Crippen LogP contribution < -0.4 is 0 Å². The molecule has 5 heteroatoms. The van der Waals surface area contributed by atoms with Crippen LogP contribution in [0.25, 0.3) is 0 Å². The second kappa shape index (κ2) is 6.57. The van der Waals surface area contributed by atoms with Gasteiger partial charge in [0.15, 0.2) is 0 Å². The molecule has 0 saturated heterocycles. The Balaban J connectivity index is 3.35. The zero-order chi connectivity index (χ0) is 11.2. The molecule has 14 heavy (non-hydrogen) atoms. The summed E-state index contributed by atoms with van der Waals surface area (Å²) in [5.41, 5.74) is 0. The van der Waals surface area contributed by atoms with Gasteiger partial charge in [-0.3, -0.25) is 4.57 Å². The Morgan fingerprint density at radius 2 is 1.86 bits per heavy atom. The normalized spacial score (nSPS) is 18.1. The molecule has 4 nitrogen and oxygen atoms in total. The van der Waals surface area contributed by atoms with Gasteiger partial charge < -0.3 is 14.2 Å². The maximum Gasteiger partial charge on any atom is 0.325 e. The summed E-state index contributed by atoms with van der Waals surface area (Å²) in [6, 6.07) is 0. The lowest BCUT2D eigenvalue weighted by Crippen LogP contribution is -2.14. The van der Waals surface area contributed by atoms with Crippen molar-refractivity contribution in [2.75, 3.05) is 26.5 Å². The molecule has 0 saturated carbocycles. The highest BCUT2D eigenvalue weighted by Gasteiger charge is 2.10. The molecule has 2 unspecified atom stereocenters. The fourth-order valence-corrected chi connectivity index (χ4v) is 1.14. The quantitative estimate of drug-likeness (QED) is 0.531. The van der Waals surface area contributed by atoms with Gasteiger partial charge in [0.1, 0.15) is 0 Å². The monoisotopic (exact) mass is 224 g/mol. The van der Waals surface area contributed by atoms with E-state index in [0.29, 0.717) is 25.0 Å². The van der Waals surface area contributed by atoms with Crippen molar-refractivity contribution in [1.29, 1.82) is 0 Å². The predicted molar refractivity (Wildman–Crippen MR) is 56.5 cm³/mol. The number of ether oxygens (including phenoxy) is 1. The molecule has 0 rings (SSSR count). The van der Waals surface area contributed by atoms with Gasteiger partial charge in [-0.2, -0.15) is 0 Å². The van der Waals surface area contributed by atoms with Crippen molar-refractivity contribution in [2.24, 2.45) is 11.8 Å². The van der Waals surface area contributed by atoms with Gasteiger partial charge >= 0.3 is 7.60 Å². The molecule has 0 aromatic heterocycles. The lowest BCUT2D eigenvalue weighted by molar-refractivity contribution is 0.0643. The summed E-state index contributed by atoms with van der Waals surface area (Å²) in [7, 11) is -3.33. The smallest absolute Gasteiger partial charge is 0.325 e. The zero-order valence-electron chi connectivity index (χ0n) is 9.40. The minimum atomic E-state index is -3.33. The van der Waals surface area contributed by atoms with E-state index < -0.39 is 7.60 Å². The third kappa shape index (κ3) is 8.70. The summed E-state index contributed by atoms with van der Waals surface area (Å²) in [5, 5.41) is 0. The molecule has 0 spiro atoms. The van der Waals surface area contributed by atoms with E-state index in [2.05, 4.69) is 25.3 Å². The van der Waals surface area contributed by atoms with Crippen molar-refractivity contribution >= 4 is 7.60 Å². The van der Waals surface area contributed by atoms with Gasteiger partial charge in [0.2, 0.25) is 0 Å². The van der Waals surface area contributed by atoms with Crippen LogP contribution in [0.3, 0.4) is 0 Å². The van der Waals surface area contributed by atoms with Gasteiger partial charge in [-0.05, 0) is 11.8 Å². The van der Waals surface area contributed by atoms with E-state index in [1.807, 2.05) is 0 Å². The molecule has 86 valence electrons. The van der Waals surface area contributed by atoms with Gasteiger partial charge in [-0.15, -0.1) is 0 Å². The average molecular weight is 224 g/mol. The molecule has 0 aromatic rings. The Morgan fingerprint density at radius 1 is 1.29 bits per heavy atom. The molecule has 1 N–H and O–H groups in total. The molecule has 0 aliphatic carbocycles. The first-order valence-electron chi connectivity index (χ1n) is 4.85. The molecule has 0 bridgehead atoms. The van der Waals surface area contributed by atoms with E-state index in [9.17, 15) is 4.57 Å². The Hall–Kier alpha value is 0.110. The van der Waals surface area contributed by atoms with Crippen LogP contribution in [0.5, 0.6) is 0 Å².